The molecule has 0 aliphatic carbocycles. The van der Waals surface area contributed by atoms with Gasteiger partial charge >= 0.3 is 0 Å². The lowest BCUT2D eigenvalue weighted by Gasteiger charge is -2.09. The van der Waals surface area contributed by atoms with Crippen molar-refractivity contribution in [1.82, 2.24) is 0 Å². The molecule has 0 saturated carbocycles. The van der Waals surface area contributed by atoms with E-state index in [4.69, 9.17) is 4.74 Å². The molecule has 0 N–H and O–H groups in total. The Labute approximate surface area is 107 Å². The fourth-order valence-corrected chi connectivity index (χ4v) is 2.29. The molecule has 0 unspecified atom stereocenters. The highest BCUT2D eigenvalue weighted by molar-refractivity contribution is 5.22. The smallest absolute Gasteiger partial charge is 0.207 e. The van der Waals surface area contributed by atoms with E-state index in [1.54, 1.807) is 0 Å². The van der Waals surface area contributed by atoms with Crippen LogP contribution in [0.25, 0.3) is 0 Å². The summed E-state index contributed by atoms with van der Waals surface area (Å²) in [6.07, 6.45) is 5.41. The molecule has 1 aromatic rings. The highest BCUT2D eigenvalue weighted by Crippen LogP contribution is 2.18. The second kappa shape index (κ2) is 6.50. The summed E-state index contributed by atoms with van der Waals surface area (Å²) >= 11 is 0. The van der Waals surface area contributed by atoms with E-state index in [2.05, 4.69) is 12.1 Å². The Bertz CT molecular complexity index is 383. The fourth-order valence-electron chi connectivity index (χ4n) is 2.29. The van der Waals surface area contributed by atoms with Gasteiger partial charge in [-0.15, -0.1) is 0 Å². The Hall–Kier alpha value is -1.42. The molecule has 0 radical (unpaired) electrons. The zero-order chi connectivity index (χ0) is 12.8. The lowest BCUT2D eigenvalue weighted by molar-refractivity contribution is -0.479. The molecular weight excluding hydrogens is 230 g/mol. The average molecular weight is 249 g/mol. The molecule has 0 amide bonds. The maximum Gasteiger partial charge on any atom is 0.207 e. The van der Waals surface area contributed by atoms with Crippen molar-refractivity contribution in [1.29, 1.82) is 0 Å². The second-order valence-corrected chi connectivity index (χ2v) is 4.80. The van der Waals surface area contributed by atoms with Gasteiger partial charge in [-0.2, -0.15) is 0 Å². The van der Waals surface area contributed by atoms with Gasteiger partial charge in [-0.25, -0.2) is 0 Å². The molecule has 4 heteroatoms. The average Bonchev–Trinajstić information content (AvgIpc) is 2.88. The van der Waals surface area contributed by atoms with Crippen LogP contribution in [0.1, 0.15) is 30.4 Å². The van der Waals surface area contributed by atoms with Gasteiger partial charge < -0.3 is 4.74 Å². The minimum absolute atomic E-state index is 0.00919. The lowest BCUT2D eigenvalue weighted by Crippen LogP contribution is -2.06. The van der Waals surface area contributed by atoms with E-state index in [1.165, 1.54) is 18.4 Å². The summed E-state index contributed by atoms with van der Waals surface area (Å²) in [4.78, 5) is 10.0. The number of ether oxygens (including phenoxy) is 1. The fraction of sp³-hybridized carbons (Fsp3) is 0.571. The quantitative estimate of drug-likeness (QED) is 0.575. The van der Waals surface area contributed by atoms with Crippen LogP contribution in [-0.2, 0) is 17.6 Å². The summed E-state index contributed by atoms with van der Waals surface area (Å²) in [6.45, 7) is 0.916. The summed E-state index contributed by atoms with van der Waals surface area (Å²) in [7, 11) is 0. The van der Waals surface area contributed by atoms with Gasteiger partial charge in [0.1, 0.15) is 0 Å². The highest BCUT2D eigenvalue weighted by Gasteiger charge is 2.14. The van der Waals surface area contributed by atoms with Crippen molar-refractivity contribution in [3.63, 3.8) is 0 Å². The Balaban J connectivity index is 1.77. The molecule has 2 rings (SSSR count). The molecule has 1 fully saturated rings. The van der Waals surface area contributed by atoms with E-state index >= 15 is 0 Å². The number of rotatable bonds is 6. The van der Waals surface area contributed by atoms with Crippen molar-refractivity contribution in [2.75, 3.05) is 13.2 Å². The third-order valence-electron chi connectivity index (χ3n) is 3.39. The monoisotopic (exact) mass is 249 g/mol. The summed E-state index contributed by atoms with van der Waals surface area (Å²) in [5, 5.41) is 10.3. The Morgan fingerprint density at radius 3 is 2.44 bits per heavy atom. The number of benzene rings is 1. The van der Waals surface area contributed by atoms with Crippen LogP contribution in [0.15, 0.2) is 24.3 Å². The topological polar surface area (TPSA) is 52.4 Å². The van der Waals surface area contributed by atoms with Crippen LogP contribution in [0.3, 0.4) is 0 Å². The summed E-state index contributed by atoms with van der Waals surface area (Å²) < 4.78 is 5.59. The van der Waals surface area contributed by atoms with Gasteiger partial charge in [-0.1, -0.05) is 24.3 Å². The minimum atomic E-state index is -0.272. The molecule has 1 aliphatic rings. The molecule has 1 heterocycles. The van der Waals surface area contributed by atoms with Crippen LogP contribution >= 0.6 is 0 Å². The molecule has 0 aromatic heterocycles. The molecule has 1 aromatic carbocycles. The molecule has 0 spiro atoms. The number of nitro groups is 1. The number of hydrogen-bond acceptors (Lipinski definition) is 3. The number of aryl methyl sites for hydroxylation is 1. The predicted molar refractivity (Wildman–Crippen MR) is 69.3 cm³/mol. The van der Waals surface area contributed by atoms with Gasteiger partial charge in [0.05, 0.1) is 6.10 Å². The number of nitrogens with zero attached hydrogens (tertiary/aromatic N) is 1. The van der Waals surface area contributed by atoms with E-state index in [0.717, 1.165) is 25.0 Å². The van der Waals surface area contributed by atoms with Crippen molar-refractivity contribution in [2.45, 2.75) is 38.2 Å². The van der Waals surface area contributed by atoms with Gasteiger partial charge in [0.15, 0.2) is 0 Å². The minimum Gasteiger partial charge on any atom is -0.378 e. The Morgan fingerprint density at radius 1 is 1.22 bits per heavy atom. The van der Waals surface area contributed by atoms with E-state index in [-0.39, 0.29) is 11.5 Å². The van der Waals surface area contributed by atoms with Gasteiger partial charge in [-0.05, 0) is 36.8 Å². The van der Waals surface area contributed by atoms with Crippen molar-refractivity contribution in [2.24, 2.45) is 0 Å². The molecule has 1 aliphatic heterocycles. The first-order chi connectivity index (χ1) is 8.74. The van der Waals surface area contributed by atoms with Crippen LogP contribution in [0.4, 0.5) is 0 Å². The molecule has 0 bridgehead atoms. The molecule has 1 atom stereocenters. The van der Waals surface area contributed by atoms with Crippen molar-refractivity contribution in [3.8, 4) is 0 Å². The molecule has 98 valence electrons. The van der Waals surface area contributed by atoms with E-state index in [9.17, 15) is 10.1 Å². The van der Waals surface area contributed by atoms with Gasteiger partial charge in [-0.3, -0.25) is 10.1 Å². The Morgan fingerprint density at radius 2 is 1.89 bits per heavy atom. The maximum atomic E-state index is 10.3. The normalized spacial score (nSPS) is 19.0. The Kier molecular flexibility index (Phi) is 4.70. The van der Waals surface area contributed by atoms with Crippen molar-refractivity contribution >= 4 is 0 Å². The third-order valence-corrected chi connectivity index (χ3v) is 3.39. The zero-order valence-corrected chi connectivity index (χ0v) is 10.5. The first kappa shape index (κ1) is 13.0. The predicted octanol–water partition coefficient (Wildman–Crippen LogP) is 2.62. The van der Waals surface area contributed by atoms with E-state index in [0.29, 0.717) is 12.5 Å². The summed E-state index contributed by atoms with van der Waals surface area (Å²) in [6, 6.07) is 8.14. The van der Waals surface area contributed by atoms with E-state index in [1.807, 2.05) is 12.1 Å². The third kappa shape index (κ3) is 4.11. The SMILES string of the molecule is O=[N+]([O-])CCc1ccc(CC[C@H]2CCCO2)cc1. The van der Waals surface area contributed by atoms with Crippen LogP contribution < -0.4 is 0 Å². The van der Waals surface area contributed by atoms with Crippen molar-refractivity contribution in [3.05, 3.63) is 45.5 Å². The van der Waals surface area contributed by atoms with Gasteiger partial charge in [0, 0.05) is 18.0 Å². The first-order valence-electron chi connectivity index (χ1n) is 6.55. The standard InChI is InChI=1S/C14H19NO3/c16-15(17)10-9-13-5-3-12(4-6-13)7-8-14-2-1-11-18-14/h3-6,14H,1-2,7-11H2/t14-/m1/s1. The lowest BCUT2D eigenvalue weighted by atomic mass is 10.0. The summed E-state index contributed by atoms with van der Waals surface area (Å²) in [5.41, 5.74) is 2.32. The van der Waals surface area contributed by atoms with Gasteiger partial charge in [0.2, 0.25) is 6.54 Å². The molecule has 1 saturated heterocycles. The zero-order valence-electron chi connectivity index (χ0n) is 10.5. The molecular formula is C14H19NO3. The molecule has 4 nitrogen and oxygen atoms in total. The first-order valence-corrected chi connectivity index (χ1v) is 6.55. The van der Waals surface area contributed by atoms with Crippen LogP contribution in [0, 0.1) is 10.1 Å². The van der Waals surface area contributed by atoms with Gasteiger partial charge in [0.25, 0.3) is 0 Å². The van der Waals surface area contributed by atoms with Crippen LogP contribution in [-0.4, -0.2) is 24.2 Å². The van der Waals surface area contributed by atoms with E-state index < -0.39 is 0 Å². The second-order valence-electron chi connectivity index (χ2n) is 4.80. The maximum absolute atomic E-state index is 10.3. The van der Waals surface area contributed by atoms with Crippen LogP contribution in [0.5, 0.6) is 0 Å². The molecule has 18 heavy (non-hydrogen) atoms. The highest BCUT2D eigenvalue weighted by atomic mass is 16.6. The summed E-state index contributed by atoms with van der Waals surface area (Å²) in [5.74, 6) is 0. The van der Waals surface area contributed by atoms with Crippen LogP contribution in [0.2, 0.25) is 0 Å². The largest absolute Gasteiger partial charge is 0.378 e. The number of hydrogen-bond donors (Lipinski definition) is 0. The van der Waals surface area contributed by atoms with Crippen molar-refractivity contribution < 1.29 is 9.66 Å².